The van der Waals surface area contributed by atoms with Crippen LogP contribution in [0.4, 0.5) is 11.4 Å². The molecule has 2 amide bonds. The Bertz CT molecular complexity index is 796. The lowest BCUT2D eigenvalue weighted by Gasteiger charge is -2.17. The normalized spacial score (nSPS) is 14.7. The zero-order valence-electron chi connectivity index (χ0n) is 13.3. The summed E-state index contributed by atoms with van der Waals surface area (Å²) in [5.41, 5.74) is 0.823. The second kappa shape index (κ2) is 6.87. The van der Waals surface area contributed by atoms with E-state index in [1.165, 1.54) is 6.07 Å². The summed E-state index contributed by atoms with van der Waals surface area (Å²) >= 11 is 17.9. The van der Waals surface area contributed by atoms with E-state index in [9.17, 15) is 9.59 Å². The Balaban J connectivity index is 1.74. The summed E-state index contributed by atoms with van der Waals surface area (Å²) in [5.74, 6) is -0.707. The van der Waals surface area contributed by atoms with Crippen molar-refractivity contribution in [2.75, 3.05) is 10.6 Å². The molecule has 1 aliphatic carbocycles. The molecular formula is C18H15Cl3N2O2. The van der Waals surface area contributed by atoms with Crippen LogP contribution in [0.3, 0.4) is 0 Å². The molecule has 0 spiro atoms. The molecule has 2 N–H and O–H groups in total. The Morgan fingerprint density at radius 1 is 0.880 bits per heavy atom. The number of carbonyl (C=O) groups excluding carboxylic acids is 2. The smallest absolute Gasteiger partial charge is 0.240 e. The number of halogens is 3. The van der Waals surface area contributed by atoms with Crippen molar-refractivity contribution in [2.24, 2.45) is 5.41 Å². The van der Waals surface area contributed by atoms with Crippen molar-refractivity contribution >= 4 is 58.0 Å². The van der Waals surface area contributed by atoms with Crippen molar-refractivity contribution in [3.63, 3.8) is 0 Å². The first-order valence-electron chi connectivity index (χ1n) is 7.66. The van der Waals surface area contributed by atoms with Gasteiger partial charge < -0.3 is 10.6 Å². The van der Waals surface area contributed by atoms with Gasteiger partial charge in [-0.1, -0.05) is 34.8 Å². The Labute approximate surface area is 160 Å². The summed E-state index contributed by atoms with van der Waals surface area (Å²) in [6.45, 7) is 1.84. The molecule has 0 bridgehead atoms. The van der Waals surface area contributed by atoms with Gasteiger partial charge in [0, 0.05) is 15.7 Å². The molecule has 0 atom stereocenters. The van der Waals surface area contributed by atoms with Crippen molar-refractivity contribution < 1.29 is 9.59 Å². The van der Waals surface area contributed by atoms with Crippen LogP contribution in [0.5, 0.6) is 0 Å². The van der Waals surface area contributed by atoms with Gasteiger partial charge in [-0.05, 0) is 61.7 Å². The zero-order valence-corrected chi connectivity index (χ0v) is 15.6. The first-order chi connectivity index (χ1) is 11.8. The number of benzene rings is 2. The number of hydrogen-bond donors (Lipinski definition) is 2. The first kappa shape index (κ1) is 18.1. The monoisotopic (exact) mass is 396 g/mol. The number of anilines is 2. The van der Waals surface area contributed by atoms with Crippen LogP contribution in [0.2, 0.25) is 15.1 Å². The third kappa shape index (κ3) is 3.76. The van der Waals surface area contributed by atoms with Crippen LogP contribution in [0.15, 0.2) is 36.4 Å². The van der Waals surface area contributed by atoms with Gasteiger partial charge in [-0.15, -0.1) is 0 Å². The van der Waals surface area contributed by atoms with E-state index in [4.69, 9.17) is 34.8 Å². The molecule has 0 saturated heterocycles. The first-order valence-corrected chi connectivity index (χ1v) is 8.79. The van der Waals surface area contributed by atoms with Gasteiger partial charge in [0.05, 0.1) is 10.7 Å². The van der Waals surface area contributed by atoms with Crippen LogP contribution in [-0.2, 0) is 9.59 Å². The van der Waals surface area contributed by atoms with Gasteiger partial charge in [-0.25, -0.2) is 0 Å². The number of aryl methyl sites for hydroxylation is 1. The molecule has 2 aromatic rings. The lowest BCUT2D eigenvalue weighted by atomic mass is 10.0. The van der Waals surface area contributed by atoms with Crippen molar-refractivity contribution in [1.29, 1.82) is 0 Å². The Morgan fingerprint density at radius 3 is 1.92 bits per heavy atom. The molecule has 1 saturated carbocycles. The average Bonchev–Trinajstić information content (AvgIpc) is 3.34. The maximum Gasteiger partial charge on any atom is 0.240 e. The molecule has 2 aromatic carbocycles. The highest BCUT2D eigenvalue weighted by atomic mass is 35.5. The van der Waals surface area contributed by atoms with Gasteiger partial charge in [0.25, 0.3) is 0 Å². The number of amides is 2. The van der Waals surface area contributed by atoms with Gasteiger partial charge in [0.1, 0.15) is 5.41 Å². The van der Waals surface area contributed by atoms with E-state index in [-0.39, 0.29) is 11.8 Å². The molecule has 0 radical (unpaired) electrons. The zero-order chi connectivity index (χ0) is 18.2. The third-order valence-electron chi connectivity index (χ3n) is 4.24. The molecule has 3 rings (SSSR count). The second-order valence-electron chi connectivity index (χ2n) is 6.07. The van der Waals surface area contributed by atoms with Crippen LogP contribution in [0, 0.1) is 12.3 Å². The van der Waals surface area contributed by atoms with E-state index < -0.39 is 5.41 Å². The SMILES string of the molecule is Cc1cc(Cl)ccc1NC(=O)C1(C(=O)Nc2ccc(Cl)cc2Cl)CC1. The fraction of sp³-hybridized carbons (Fsp3) is 0.222. The van der Waals surface area contributed by atoms with Crippen molar-refractivity contribution in [3.05, 3.63) is 57.0 Å². The molecule has 4 nitrogen and oxygen atoms in total. The fourth-order valence-electron chi connectivity index (χ4n) is 2.52. The van der Waals surface area contributed by atoms with Crippen molar-refractivity contribution in [1.82, 2.24) is 0 Å². The fourth-order valence-corrected chi connectivity index (χ4v) is 3.21. The molecule has 7 heteroatoms. The standard InChI is InChI=1S/C18H15Cl3N2O2/c1-10-8-11(19)2-4-14(10)22-16(24)18(6-7-18)17(25)23-15-5-3-12(20)9-13(15)21/h2-5,8-9H,6-7H2,1H3,(H,22,24)(H,23,25). The van der Waals surface area contributed by atoms with E-state index in [1.807, 2.05) is 6.92 Å². The summed E-state index contributed by atoms with van der Waals surface area (Å²) in [5, 5.41) is 6.92. The van der Waals surface area contributed by atoms with Crippen molar-refractivity contribution in [3.8, 4) is 0 Å². The molecule has 0 heterocycles. The number of hydrogen-bond acceptors (Lipinski definition) is 2. The van der Waals surface area contributed by atoms with E-state index in [0.29, 0.717) is 39.3 Å². The van der Waals surface area contributed by atoms with Gasteiger partial charge in [-0.3, -0.25) is 9.59 Å². The van der Waals surface area contributed by atoms with Crippen LogP contribution < -0.4 is 10.6 Å². The Morgan fingerprint density at radius 2 is 1.40 bits per heavy atom. The highest BCUT2D eigenvalue weighted by molar-refractivity contribution is 6.37. The largest absolute Gasteiger partial charge is 0.325 e. The van der Waals surface area contributed by atoms with E-state index in [2.05, 4.69) is 10.6 Å². The van der Waals surface area contributed by atoms with Crippen LogP contribution in [0.1, 0.15) is 18.4 Å². The average molecular weight is 398 g/mol. The predicted octanol–water partition coefficient (Wildman–Crippen LogP) is 5.31. The Kier molecular flexibility index (Phi) is 4.96. The molecule has 0 unspecified atom stereocenters. The molecular weight excluding hydrogens is 383 g/mol. The highest BCUT2D eigenvalue weighted by Crippen LogP contribution is 2.48. The number of carbonyl (C=O) groups is 2. The predicted molar refractivity (Wildman–Crippen MR) is 102 cm³/mol. The molecule has 0 aromatic heterocycles. The maximum absolute atomic E-state index is 12.6. The lowest BCUT2D eigenvalue weighted by Crippen LogP contribution is -2.35. The number of rotatable bonds is 4. The second-order valence-corrected chi connectivity index (χ2v) is 7.35. The molecule has 0 aliphatic heterocycles. The minimum atomic E-state index is -1.07. The van der Waals surface area contributed by atoms with Crippen LogP contribution in [-0.4, -0.2) is 11.8 Å². The minimum absolute atomic E-state index is 0.325. The van der Waals surface area contributed by atoms with Crippen molar-refractivity contribution in [2.45, 2.75) is 19.8 Å². The molecule has 25 heavy (non-hydrogen) atoms. The van der Waals surface area contributed by atoms with Crippen LogP contribution in [0.25, 0.3) is 0 Å². The maximum atomic E-state index is 12.6. The summed E-state index contributed by atoms with van der Waals surface area (Å²) in [4.78, 5) is 25.3. The lowest BCUT2D eigenvalue weighted by molar-refractivity contribution is -0.131. The highest BCUT2D eigenvalue weighted by Gasteiger charge is 2.56. The van der Waals surface area contributed by atoms with E-state index in [1.54, 1.807) is 30.3 Å². The molecule has 130 valence electrons. The summed E-state index contributed by atoms with van der Waals surface area (Å²) in [6, 6.07) is 9.94. The van der Waals surface area contributed by atoms with Gasteiger partial charge in [0.15, 0.2) is 0 Å². The van der Waals surface area contributed by atoms with E-state index >= 15 is 0 Å². The quantitative estimate of drug-likeness (QED) is 0.687. The summed E-state index contributed by atoms with van der Waals surface area (Å²) in [6.07, 6.45) is 0.977. The topological polar surface area (TPSA) is 58.2 Å². The van der Waals surface area contributed by atoms with Crippen LogP contribution >= 0.6 is 34.8 Å². The molecule has 1 fully saturated rings. The number of nitrogens with one attached hydrogen (secondary N) is 2. The van der Waals surface area contributed by atoms with Gasteiger partial charge >= 0.3 is 0 Å². The summed E-state index contributed by atoms with van der Waals surface area (Å²) < 4.78 is 0. The molecule has 1 aliphatic rings. The third-order valence-corrected chi connectivity index (χ3v) is 5.02. The van der Waals surface area contributed by atoms with Gasteiger partial charge in [0.2, 0.25) is 11.8 Å². The van der Waals surface area contributed by atoms with Gasteiger partial charge in [-0.2, -0.15) is 0 Å². The Hall–Kier alpha value is -1.75. The minimum Gasteiger partial charge on any atom is -0.325 e. The summed E-state index contributed by atoms with van der Waals surface area (Å²) in [7, 11) is 0. The van der Waals surface area contributed by atoms with E-state index in [0.717, 1.165) is 5.56 Å².